The van der Waals surface area contributed by atoms with Crippen molar-refractivity contribution in [2.24, 2.45) is 17.7 Å². The number of hydrogen-bond donors (Lipinski definition) is 2. The Kier molecular flexibility index (Phi) is 4.73. The standard InChI is InChI=1S/C15H22FN3O/c1-10-5-11(2)8-19(7-10)9-13-6-12(15(20)18-17)3-4-14(13)16/h3-4,6,10-11H,5,7-9,17H2,1-2H3,(H,18,20). The quantitative estimate of drug-likeness (QED) is 0.505. The van der Waals surface area contributed by atoms with Gasteiger partial charge in [-0.05, 0) is 36.5 Å². The SMILES string of the molecule is CC1CC(C)CN(Cc2cc(C(=O)NN)ccc2F)C1. The van der Waals surface area contributed by atoms with E-state index >= 15 is 0 Å². The highest BCUT2D eigenvalue weighted by atomic mass is 19.1. The highest BCUT2D eigenvalue weighted by Crippen LogP contribution is 2.23. The van der Waals surface area contributed by atoms with Crippen LogP contribution in [0.5, 0.6) is 0 Å². The van der Waals surface area contributed by atoms with E-state index in [1.165, 1.54) is 18.6 Å². The van der Waals surface area contributed by atoms with Gasteiger partial charge in [0.1, 0.15) is 5.82 Å². The third kappa shape index (κ3) is 3.55. The van der Waals surface area contributed by atoms with Crippen molar-refractivity contribution in [2.75, 3.05) is 13.1 Å². The minimum atomic E-state index is -0.397. The molecular formula is C15H22FN3O. The first-order valence-corrected chi connectivity index (χ1v) is 7.01. The summed E-state index contributed by atoms with van der Waals surface area (Å²) < 4.78 is 13.9. The zero-order valence-corrected chi connectivity index (χ0v) is 12.0. The second-order valence-corrected chi connectivity index (χ2v) is 5.92. The zero-order valence-electron chi connectivity index (χ0n) is 12.0. The van der Waals surface area contributed by atoms with Crippen molar-refractivity contribution >= 4 is 5.91 Å². The van der Waals surface area contributed by atoms with Gasteiger partial charge in [-0.3, -0.25) is 15.1 Å². The van der Waals surface area contributed by atoms with E-state index in [1.54, 1.807) is 6.07 Å². The number of hydrogen-bond acceptors (Lipinski definition) is 3. The van der Waals surface area contributed by atoms with Crippen LogP contribution in [-0.2, 0) is 6.54 Å². The van der Waals surface area contributed by atoms with Crippen LogP contribution < -0.4 is 11.3 Å². The molecule has 2 rings (SSSR count). The van der Waals surface area contributed by atoms with E-state index < -0.39 is 5.91 Å². The first-order valence-electron chi connectivity index (χ1n) is 7.01. The summed E-state index contributed by atoms with van der Waals surface area (Å²) in [7, 11) is 0. The van der Waals surface area contributed by atoms with E-state index in [9.17, 15) is 9.18 Å². The number of piperidine rings is 1. The van der Waals surface area contributed by atoms with Gasteiger partial charge < -0.3 is 0 Å². The molecule has 0 saturated carbocycles. The lowest BCUT2D eigenvalue weighted by molar-refractivity contribution is 0.0953. The Hall–Kier alpha value is -1.46. The van der Waals surface area contributed by atoms with Crippen LogP contribution in [0, 0.1) is 17.7 Å². The fourth-order valence-corrected chi connectivity index (χ4v) is 3.08. The second-order valence-electron chi connectivity index (χ2n) is 5.92. The Morgan fingerprint density at radius 2 is 2.05 bits per heavy atom. The molecule has 0 aromatic heterocycles. The molecule has 1 amide bonds. The Morgan fingerprint density at radius 3 is 2.65 bits per heavy atom. The highest BCUT2D eigenvalue weighted by molar-refractivity contribution is 5.93. The summed E-state index contributed by atoms with van der Waals surface area (Å²) in [6, 6.07) is 4.36. The number of nitrogens with one attached hydrogen (secondary N) is 1. The summed E-state index contributed by atoms with van der Waals surface area (Å²) in [4.78, 5) is 13.8. The first kappa shape index (κ1) is 14.9. The molecule has 1 saturated heterocycles. The molecule has 1 aromatic carbocycles. The molecule has 110 valence electrons. The van der Waals surface area contributed by atoms with E-state index in [0.29, 0.717) is 29.5 Å². The van der Waals surface area contributed by atoms with Crippen molar-refractivity contribution in [1.82, 2.24) is 10.3 Å². The Morgan fingerprint density at radius 1 is 1.40 bits per heavy atom. The fourth-order valence-electron chi connectivity index (χ4n) is 3.08. The molecule has 4 nitrogen and oxygen atoms in total. The number of benzene rings is 1. The number of likely N-dealkylation sites (tertiary alicyclic amines) is 1. The fraction of sp³-hybridized carbons (Fsp3) is 0.533. The number of amides is 1. The molecule has 0 bridgehead atoms. The predicted molar refractivity (Wildman–Crippen MR) is 76.3 cm³/mol. The summed E-state index contributed by atoms with van der Waals surface area (Å²) in [5.41, 5.74) is 3.01. The largest absolute Gasteiger partial charge is 0.298 e. The molecule has 5 heteroatoms. The van der Waals surface area contributed by atoms with Gasteiger partial charge in [0.2, 0.25) is 0 Å². The van der Waals surface area contributed by atoms with Gasteiger partial charge in [0.15, 0.2) is 0 Å². The van der Waals surface area contributed by atoms with Crippen molar-refractivity contribution in [1.29, 1.82) is 0 Å². The number of carbonyl (C=O) groups is 1. The van der Waals surface area contributed by atoms with Crippen LogP contribution in [0.1, 0.15) is 36.2 Å². The smallest absolute Gasteiger partial charge is 0.265 e. The number of rotatable bonds is 3. The minimum absolute atomic E-state index is 0.274. The normalized spacial score (nSPS) is 23.6. The molecule has 0 radical (unpaired) electrons. The van der Waals surface area contributed by atoms with E-state index in [4.69, 9.17) is 5.84 Å². The molecule has 1 heterocycles. The number of halogens is 1. The van der Waals surface area contributed by atoms with E-state index in [-0.39, 0.29) is 5.82 Å². The van der Waals surface area contributed by atoms with Crippen molar-refractivity contribution in [3.63, 3.8) is 0 Å². The van der Waals surface area contributed by atoms with Crippen LogP contribution >= 0.6 is 0 Å². The van der Waals surface area contributed by atoms with Gasteiger partial charge >= 0.3 is 0 Å². The van der Waals surface area contributed by atoms with E-state index in [0.717, 1.165) is 13.1 Å². The third-order valence-corrected chi connectivity index (χ3v) is 3.78. The lowest BCUT2D eigenvalue weighted by atomic mass is 9.91. The molecule has 2 atom stereocenters. The van der Waals surface area contributed by atoms with Gasteiger partial charge in [0.25, 0.3) is 5.91 Å². The summed E-state index contributed by atoms with van der Waals surface area (Å²) in [6.07, 6.45) is 1.22. The monoisotopic (exact) mass is 279 g/mol. The Labute approximate surface area is 119 Å². The number of hydrazine groups is 1. The molecule has 20 heavy (non-hydrogen) atoms. The number of nitrogen functional groups attached to an aromatic ring is 1. The number of nitrogens with zero attached hydrogens (tertiary/aromatic N) is 1. The maximum absolute atomic E-state index is 13.9. The Balaban J connectivity index is 2.13. The van der Waals surface area contributed by atoms with E-state index in [1.807, 2.05) is 0 Å². The average molecular weight is 279 g/mol. The second kappa shape index (κ2) is 6.33. The maximum atomic E-state index is 13.9. The third-order valence-electron chi connectivity index (χ3n) is 3.78. The summed E-state index contributed by atoms with van der Waals surface area (Å²) >= 11 is 0. The maximum Gasteiger partial charge on any atom is 0.265 e. The lowest BCUT2D eigenvalue weighted by Gasteiger charge is -2.35. The van der Waals surface area contributed by atoms with Crippen LogP contribution in [0.25, 0.3) is 0 Å². The van der Waals surface area contributed by atoms with Gasteiger partial charge in [0, 0.05) is 30.8 Å². The summed E-state index contributed by atoms with van der Waals surface area (Å²) in [6.45, 7) is 6.91. The molecular weight excluding hydrogens is 257 g/mol. The molecule has 1 aliphatic heterocycles. The Bertz CT molecular complexity index is 482. The van der Waals surface area contributed by atoms with Gasteiger partial charge in [-0.1, -0.05) is 13.8 Å². The number of nitrogens with two attached hydrogens (primary N) is 1. The number of carbonyl (C=O) groups excluding carboxylic acids is 1. The van der Waals surface area contributed by atoms with Crippen molar-refractivity contribution < 1.29 is 9.18 Å². The van der Waals surface area contributed by atoms with Gasteiger partial charge in [-0.25, -0.2) is 10.2 Å². The van der Waals surface area contributed by atoms with Crippen LogP contribution in [0.2, 0.25) is 0 Å². The molecule has 1 aliphatic rings. The van der Waals surface area contributed by atoms with Crippen LogP contribution in [0.15, 0.2) is 18.2 Å². The van der Waals surface area contributed by atoms with Crippen LogP contribution in [0.3, 0.4) is 0 Å². The molecule has 0 spiro atoms. The molecule has 1 fully saturated rings. The average Bonchev–Trinajstić information content (AvgIpc) is 2.39. The van der Waals surface area contributed by atoms with Crippen LogP contribution in [0.4, 0.5) is 4.39 Å². The first-order chi connectivity index (χ1) is 9.49. The molecule has 1 aromatic rings. The predicted octanol–water partition coefficient (Wildman–Crippen LogP) is 1.91. The van der Waals surface area contributed by atoms with Crippen molar-refractivity contribution in [3.05, 3.63) is 35.1 Å². The highest BCUT2D eigenvalue weighted by Gasteiger charge is 2.22. The zero-order chi connectivity index (χ0) is 14.7. The van der Waals surface area contributed by atoms with Gasteiger partial charge in [-0.2, -0.15) is 0 Å². The summed E-state index contributed by atoms with van der Waals surface area (Å²) in [5.74, 6) is 5.68. The summed E-state index contributed by atoms with van der Waals surface area (Å²) in [5, 5.41) is 0. The van der Waals surface area contributed by atoms with E-state index in [2.05, 4.69) is 24.2 Å². The molecule has 3 N–H and O–H groups in total. The van der Waals surface area contributed by atoms with Crippen molar-refractivity contribution in [2.45, 2.75) is 26.8 Å². The van der Waals surface area contributed by atoms with Gasteiger partial charge in [0.05, 0.1) is 0 Å². The topological polar surface area (TPSA) is 58.4 Å². The van der Waals surface area contributed by atoms with Crippen LogP contribution in [-0.4, -0.2) is 23.9 Å². The lowest BCUT2D eigenvalue weighted by Crippen LogP contribution is -2.38. The van der Waals surface area contributed by atoms with Gasteiger partial charge in [-0.15, -0.1) is 0 Å². The van der Waals surface area contributed by atoms with Crippen molar-refractivity contribution in [3.8, 4) is 0 Å². The molecule has 0 aliphatic carbocycles. The minimum Gasteiger partial charge on any atom is -0.298 e. The molecule has 2 unspecified atom stereocenters.